The SMILES string of the molecule is COCCCNC(=O)c1cccc(/C(N)=N/O)c1. The molecule has 0 bridgehead atoms. The van der Waals surface area contributed by atoms with E-state index in [1.54, 1.807) is 31.4 Å². The maximum atomic E-state index is 11.8. The molecule has 1 rings (SSSR count). The Labute approximate surface area is 105 Å². The average Bonchev–Trinajstić information content (AvgIpc) is 2.42. The van der Waals surface area contributed by atoms with Gasteiger partial charge in [0, 0.05) is 31.4 Å². The second-order valence-corrected chi connectivity index (χ2v) is 3.67. The zero-order valence-electron chi connectivity index (χ0n) is 10.2. The van der Waals surface area contributed by atoms with Gasteiger partial charge in [0.25, 0.3) is 5.91 Å². The summed E-state index contributed by atoms with van der Waals surface area (Å²) in [6.45, 7) is 1.14. The molecular formula is C12H17N3O3. The molecule has 4 N–H and O–H groups in total. The number of oxime groups is 1. The van der Waals surface area contributed by atoms with Gasteiger partial charge in [0.1, 0.15) is 0 Å². The first-order valence-electron chi connectivity index (χ1n) is 5.54. The van der Waals surface area contributed by atoms with Gasteiger partial charge in [-0.3, -0.25) is 4.79 Å². The van der Waals surface area contributed by atoms with Gasteiger partial charge >= 0.3 is 0 Å². The third-order valence-corrected chi connectivity index (χ3v) is 2.34. The molecule has 18 heavy (non-hydrogen) atoms. The number of rotatable bonds is 6. The van der Waals surface area contributed by atoms with Crippen LogP contribution < -0.4 is 11.1 Å². The Hall–Kier alpha value is -2.08. The maximum Gasteiger partial charge on any atom is 0.251 e. The lowest BCUT2D eigenvalue weighted by molar-refractivity contribution is 0.0948. The van der Waals surface area contributed by atoms with Gasteiger partial charge in [0.05, 0.1) is 0 Å². The quantitative estimate of drug-likeness (QED) is 0.226. The second-order valence-electron chi connectivity index (χ2n) is 3.67. The summed E-state index contributed by atoms with van der Waals surface area (Å²) in [7, 11) is 1.61. The molecule has 0 aromatic heterocycles. The minimum Gasteiger partial charge on any atom is -0.409 e. The van der Waals surface area contributed by atoms with Crippen molar-refractivity contribution in [1.29, 1.82) is 0 Å². The number of benzene rings is 1. The third-order valence-electron chi connectivity index (χ3n) is 2.34. The molecule has 1 aromatic rings. The zero-order chi connectivity index (χ0) is 13.4. The number of ether oxygens (including phenoxy) is 1. The van der Waals surface area contributed by atoms with Crippen LogP contribution >= 0.6 is 0 Å². The monoisotopic (exact) mass is 251 g/mol. The molecule has 0 heterocycles. The highest BCUT2D eigenvalue weighted by Crippen LogP contribution is 2.05. The molecule has 0 saturated heterocycles. The van der Waals surface area contributed by atoms with Gasteiger partial charge < -0.3 is 21.0 Å². The number of carbonyl (C=O) groups is 1. The van der Waals surface area contributed by atoms with Crippen molar-refractivity contribution in [2.45, 2.75) is 6.42 Å². The number of hydrogen-bond acceptors (Lipinski definition) is 4. The molecule has 0 radical (unpaired) electrons. The van der Waals surface area contributed by atoms with E-state index in [-0.39, 0.29) is 11.7 Å². The van der Waals surface area contributed by atoms with Gasteiger partial charge in [-0.25, -0.2) is 0 Å². The van der Waals surface area contributed by atoms with E-state index < -0.39 is 0 Å². The van der Waals surface area contributed by atoms with Crippen LogP contribution in [0.1, 0.15) is 22.3 Å². The largest absolute Gasteiger partial charge is 0.409 e. The molecule has 1 aromatic carbocycles. The van der Waals surface area contributed by atoms with Crippen LogP contribution in [0, 0.1) is 0 Å². The Morgan fingerprint density at radius 1 is 1.50 bits per heavy atom. The minimum atomic E-state index is -0.196. The molecule has 0 spiro atoms. The number of amides is 1. The van der Waals surface area contributed by atoms with E-state index in [9.17, 15) is 4.79 Å². The molecule has 98 valence electrons. The lowest BCUT2D eigenvalue weighted by Crippen LogP contribution is -2.25. The van der Waals surface area contributed by atoms with Crippen LogP contribution in [0.2, 0.25) is 0 Å². The van der Waals surface area contributed by atoms with Crippen molar-refractivity contribution >= 4 is 11.7 Å². The van der Waals surface area contributed by atoms with Crippen molar-refractivity contribution in [2.24, 2.45) is 10.9 Å². The summed E-state index contributed by atoms with van der Waals surface area (Å²) in [6.07, 6.45) is 0.752. The molecule has 0 atom stereocenters. The molecule has 0 aliphatic carbocycles. The van der Waals surface area contributed by atoms with Gasteiger partial charge in [0.15, 0.2) is 5.84 Å². The van der Waals surface area contributed by atoms with Crippen LogP contribution in [-0.2, 0) is 4.74 Å². The summed E-state index contributed by atoms with van der Waals surface area (Å²) >= 11 is 0. The highest BCUT2D eigenvalue weighted by molar-refractivity contribution is 6.01. The molecule has 0 fully saturated rings. The van der Waals surface area contributed by atoms with Crippen molar-refractivity contribution in [2.75, 3.05) is 20.3 Å². The fourth-order valence-electron chi connectivity index (χ4n) is 1.40. The molecule has 0 aliphatic heterocycles. The van der Waals surface area contributed by atoms with Gasteiger partial charge in [-0.2, -0.15) is 0 Å². The number of hydrogen-bond donors (Lipinski definition) is 3. The van der Waals surface area contributed by atoms with Crippen LogP contribution in [0.5, 0.6) is 0 Å². The Balaban J connectivity index is 2.63. The highest BCUT2D eigenvalue weighted by atomic mass is 16.5. The number of methoxy groups -OCH3 is 1. The Kier molecular flexibility index (Phi) is 5.66. The summed E-state index contributed by atoms with van der Waals surface area (Å²) in [4.78, 5) is 11.8. The zero-order valence-corrected chi connectivity index (χ0v) is 10.2. The molecule has 0 aliphatic rings. The van der Waals surface area contributed by atoms with E-state index in [2.05, 4.69) is 10.5 Å². The summed E-state index contributed by atoms with van der Waals surface area (Å²) in [5, 5.41) is 14.2. The number of nitrogens with zero attached hydrogens (tertiary/aromatic N) is 1. The molecule has 0 saturated carbocycles. The Morgan fingerprint density at radius 2 is 2.22 bits per heavy atom. The van der Waals surface area contributed by atoms with E-state index in [1.165, 1.54) is 0 Å². The van der Waals surface area contributed by atoms with E-state index in [0.29, 0.717) is 24.3 Å². The van der Waals surface area contributed by atoms with Crippen molar-refractivity contribution in [3.05, 3.63) is 35.4 Å². The Bertz CT molecular complexity index is 432. The van der Waals surface area contributed by atoms with Crippen LogP contribution in [0.25, 0.3) is 0 Å². The lowest BCUT2D eigenvalue weighted by atomic mass is 10.1. The van der Waals surface area contributed by atoms with Crippen molar-refractivity contribution in [3.63, 3.8) is 0 Å². The van der Waals surface area contributed by atoms with E-state index in [0.717, 1.165) is 6.42 Å². The summed E-state index contributed by atoms with van der Waals surface area (Å²) in [6, 6.07) is 6.58. The first-order valence-corrected chi connectivity index (χ1v) is 5.54. The fourth-order valence-corrected chi connectivity index (χ4v) is 1.40. The van der Waals surface area contributed by atoms with E-state index in [4.69, 9.17) is 15.7 Å². The van der Waals surface area contributed by atoms with Gasteiger partial charge in [-0.1, -0.05) is 17.3 Å². The standard InChI is InChI=1S/C12H17N3O3/c1-18-7-3-6-14-12(16)10-5-2-4-9(8-10)11(13)15-17/h2,4-5,8,17H,3,6-7H2,1H3,(H2,13,15)(H,14,16). The number of carbonyl (C=O) groups excluding carboxylic acids is 1. The summed E-state index contributed by atoms with van der Waals surface area (Å²) in [5.74, 6) is -0.220. The van der Waals surface area contributed by atoms with Crippen molar-refractivity contribution < 1.29 is 14.7 Å². The van der Waals surface area contributed by atoms with Crippen molar-refractivity contribution in [3.8, 4) is 0 Å². The first-order chi connectivity index (χ1) is 8.69. The van der Waals surface area contributed by atoms with Crippen LogP contribution in [-0.4, -0.2) is 37.2 Å². The maximum absolute atomic E-state index is 11.8. The van der Waals surface area contributed by atoms with Crippen LogP contribution in [0.15, 0.2) is 29.4 Å². The molecule has 0 unspecified atom stereocenters. The predicted molar refractivity (Wildman–Crippen MR) is 67.8 cm³/mol. The molecule has 6 heteroatoms. The first kappa shape index (κ1) is 14.0. The van der Waals surface area contributed by atoms with Crippen LogP contribution in [0.4, 0.5) is 0 Å². The van der Waals surface area contributed by atoms with Crippen molar-refractivity contribution in [1.82, 2.24) is 5.32 Å². The van der Waals surface area contributed by atoms with E-state index >= 15 is 0 Å². The highest BCUT2D eigenvalue weighted by Gasteiger charge is 2.07. The minimum absolute atomic E-state index is 0.0240. The Morgan fingerprint density at radius 3 is 2.89 bits per heavy atom. The second kappa shape index (κ2) is 7.29. The average molecular weight is 251 g/mol. The molecular weight excluding hydrogens is 234 g/mol. The smallest absolute Gasteiger partial charge is 0.251 e. The van der Waals surface area contributed by atoms with Gasteiger partial charge in [0.2, 0.25) is 0 Å². The predicted octanol–water partition coefficient (Wildman–Crippen LogP) is 0.547. The molecule has 1 amide bonds. The fraction of sp³-hybridized carbons (Fsp3) is 0.333. The topological polar surface area (TPSA) is 96.9 Å². The number of nitrogens with one attached hydrogen (secondary N) is 1. The normalized spacial score (nSPS) is 11.3. The molecule has 6 nitrogen and oxygen atoms in total. The number of nitrogens with two attached hydrogens (primary N) is 1. The number of amidine groups is 1. The summed E-state index contributed by atoms with van der Waals surface area (Å²) < 4.78 is 4.88. The van der Waals surface area contributed by atoms with Gasteiger partial charge in [-0.05, 0) is 18.6 Å². The summed E-state index contributed by atoms with van der Waals surface area (Å²) in [5.41, 5.74) is 6.43. The van der Waals surface area contributed by atoms with E-state index in [1.807, 2.05) is 0 Å². The lowest BCUT2D eigenvalue weighted by Gasteiger charge is -2.06. The van der Waals surface area contributed by atoms with Gasteiger partial charge in [-0.15, -0.1) is 0 Å². The third kappa shape index (κ3) is 4.06. The van der Waals surface area contributed by atoms with Crippen LogP contribution in [0.3, 0.4) is 0 Å².